The summed E-state index contributed by atoms with van der Waals surface area (Å²) in [5, 5.41) is 2.63. The summed E-state index contributed by atoms with van der Waals surface area (Å²) in [6.07, 6.45) is -4.29. The Labute approximate surface area is 173 Å². The molecule has 162 valence electrons. The number of hydrogen-bond acceptors (Lipinski definition) is 4. The first-order valence-electron chi connectivity index (χ1n) is 9.19. The van der Waals surface area contributed by atoms with Crippen molar-refractivity contribution in [3.05, 3.63) is 48.6 Å². The molecule has 0 aliphatic heterocycles. The highest BCUT2D eigenvalue weighted by Crippen LogP contribution is 2.39. The van der Waals surface area contributed by atoms with Crippen LogP contribution in [0.15, 0.2) is 43.0 Å². The molecule has 2 rings (SSSR count). The van der Waals surface area contributed by atoms with Gasteiger partial charge in [0, 0.05) is 12.0 Å². The second kappa shape index (κ2) is 10.0. The number of hydrogen-bond donors (Lipinski definition) is 1. The minimum atomic E-state index is -4.25. The molecule has 0 fully saturated rings. The zero-order chi connectivity index (χ0) is 22.3. The number of nitrogens with one attached hydrogen (secondary N) is 1. The summed E-state index contributed by atoms with van der Waals surface area (Å²) in [6, 6.07) is 8.80. The van der Waals surface area contributed by atoms with Gasteiger partial charge in [-0.3, -0.25) is 4.79 Å². The first kappa shape index (κ1) is 23.1. The molecule has 5 nitrogen and oxygen atoms in total. The Morgan fingerprint density at radius 2 is 1.83 bits per heavy atom. The number of halogens is 3. The number of carbonyl (C=O) groups is 1. The van der Waals surface area contributed by atoms with Gasteiger partial charge in [0.05, 0.1) is 26.5 Å². The molecule has 0 saturated heterocycles. The number of alkyl halides is 3. The minimum Gasteiger partial charge on any atom is -0.493 e. The molecule has 2 aromatic carbocycles. The molecule has 1 N–H and O–H groups in total. The Hall–Kier alpha value is -3.16. The Bertz CT molecular complexity index is 910. The predicted molar refractivity (Wildman–Crippen MR) is 109 cm³/mol. The van der Waals surface area contributed by atoms with Crippen molar-refractivity contribution >= 4 is 11.6 Å². The Balaban J connectivity index is 2.40. The van der Waals surface area contributed by atoms with Gasteiger partial charge >= 0.3 is 6.18 Å². The van der Waals surface area contributed by atoms with E-state index in [0.29, 0.717) is 28.5 Å². The van der Waals surface area contributed by atoms with Crippen LogP contribution < -0.4 is 19.5 Å². The SMILES string of the molecule is C=CC(=O)Nc1ccc(-c2ccc(OC)c(OC)c2)c(C)c1OCCCC(F)(F)F. The summed E-state index contributed by atoms with van der Waals surface area (Å²) in [7, 11) is 3.06. The molecule has 0 aliphatic rings. The largest absolute Gasteiger partial charge is 0.493 e. The number of rotatable bonds is 9. The highest BCUT2D eigenvalue weighted by Gasteiger charge is 2.26. The molecule has 0 unspecified atom stereocenters. The first-order chi connectivity index (χ1) is 14.2. The molecule has 0 aromatic heterocycles. The van der Waals surface area contributed by atoms with E-state index in [4.69, 9.17) is 14.2 Å². The summed E-state index contributed by atoms with van der Waals surface area (Å²) >= 11 is 0. The van der Waals surface area contributed by atoms with Crippen molar-refractivity contribution in [3.63, 3.8) is 0 Å². The third-order valence-corrected chi connectivity index (χ3v) is 4.39. The standard InChI is InChI=1S/C22H24F3NO4/c1-5-20(27)26-17-9-8-16(15-7-10-18(28-3)19(13-15)29-4)14(2)21(17)30-12-6-11-22(23,24)25/h5,7-10,13H,1,6,11-12H2,2-4H3,(H,26,27). The second-order valence-corrected chi connectivity index (χ2v) is 6.45. The van der Waals surface area contributed by atoms with Gasteiger partial charge in [0.15, 0.2) is 11.5 Å². The van der Waals surface area contributed by atoms with Crippen LogP contribution in [-0.2, 0) is 4.79 Å². The summed E-state index contributed by atoms with van der Waals surface area (Å²) in [4.78, 5) is 11.8. The number of benzene rings is 2. The van der Waals surface area contributed by atoms with Crippen molar-refractivity contribution in [1.82, 2.24) is 0 Å². The van der Waals surface area contributed by atoms with Gasteiger partial charge in [-0.25, -0.2) is 0 Å². The van der Waals surface area contributed by atoms with E-state index in [2.05, 4.69) is 11.9 Å². The van der Waals surface area contributed by atoms with Gasteiger partial charge in [0.2, 0.25) is 5.91 Å². The maximum absolute atomic E-state index is 12.4. The number of anilines is 1. The molecule has 1 amide bonds. The van der Waals surface area contributed by atoms with Crippen molar-refractivity contribution < 1.29 is 32.2 Å². The topological polar surface area (TPSA) is 56.8 Å². The number of ether oxygens (including phenoxy) is 3. The summed E-state index contributed by atoms with van der Waals surface area (Å²) in [5.41, 5.74) is 2.59. The molecule has 0 aliphatic carbocycles. The van der Waals surface area contributed by atoms with Gasteiger partial charge in [-0.2, -0.15) is 13.2 Å². The van der Waals surface area contributed by atoms with Gasteiger partial charge in [0.1, 0.15) is 5.75 Å². The van der Waals surface area contributed by atoms with E-state index in [9.17, 15) is 18.0 Å². The van der Waals surface area contributed by atoms with Gasteiger partial charge in [0.25, 0.3) is 0 Å². The van der Waals surface area contributed by atoms with Crippen LogP contribution in [0.3, 0.4) is 0 Å². The molecule has 0 saturated carbocycles. The lowest BCUT2D eigenvalue weighted by Crippen LogP contribution is -2.12. The van der Waals surface area contributed by atoms with Crippen LogP contribution in [0.5, 0.6) is 17.2 Å². The van der Waals surface area contributed by atoms with Gasteiger partial charge in [-0.15, -0.1) is 0 Å². The fourth-order valence-corrected chi connectivity index (χ4v) is 2.92. The van der Waals surface area contributed by atoms with Crippen LogP contribution in [0.25, 0.3) is 11.1 Å². The highest BCUT2D eigenvalue weighted by atomic mass is 19.4. The zero-order valence-corrected chi connectivity index (χ0v) is 17.1. The van der Waals surface area contributed by atoms with Crippen molar-refractivity contribution in [2.45, 2.75) is 25.9 Å². The predicted octanol–water partition coefficient (Wildman–Crippen LogP) is 5.53. The van der Waals surface area contributed by atoms with Gasteiger partial charge in [-0.1, -0.05) is 18.7 Å². The fourth-order valence-electron chi connectivity index (χ4n) is 2.92. The van der Waals surface area contributed by atoms with Gasteiger partial charge < -0.3 is 19.5 Å². The lowest BCUT2D eigenvalue weighted by atomic mass is 9.98. The Morgan fingerprint density at radius 3 is 2.43 bits per heavy atom. The molecule has 8 heteroatoms. The van der Waals surface area contributed by atoms with Crippen molar-refractivity contribution in [2.75, 3.05) is 26.1 Å². The monoisotopic (exact) mass is 423 g/mol. The summed E-state index contributed by atoms with van der Waals surface area (Å²) < 4.78 is 53.6. The highest BCUT2D eigenvalue weighted by molar-refractivity contribution is 6.00. The molecule has 0 heterocycles. The van der Waals surface area contributed by atoms with E-state index in [0.717, 1.165) is 17.2 Å². The van der Waals surface area contributed by atoms with Crippen LogP contribution in [-0.4, -0.2) is 32.9 Å². The molecular formula is C22H24F3NO4. The van der Waals surface area contributed by atoms with Crippen LogP contribution in [0.1, 0.15) is 18.4 Å². The summed E-state index contributed by atoms with van der Waals surface area (Å²) in [6.45, 7) is 5.03. The average Bonchev–Trinajstić information content (AvgIpc) is 2.71. The molecular weight excluding hydrogens is 399 g/mol. The number of amides is 1. The lowest BCUT2D eigenvalue weighted by Gasteiger charge is -2.18. The number of methoxy groups -OCH3 is 2. The second-order valence-electron chi connectivity index (χ2n) is 6.45. The molecule has 30 heavy (non-hydrogen) atoms. The Kier molecular flexibility index (Phi) is 7.74. The quantitative estimate of drug-likeness (QED) is 0.426. The van der Waals surface area contributed by atoms with E-state index in [1.165, 1.54) is 14.2 Å². The maximum Gasteiger partial charge on any atom is 0.389 e. The normalized spacial score (nSPS) is 11.0. The summed E-state index contributed by atoms with van der Waals surface area (Å²) in [5.74, 6) is 0.955. The molecule has 0 atom stereocenters. The van der Waals surface area contributed by atoms with E-state index >= 15 is 0 Å². The number of carbonyl (C=O) groups excluding carboxylic acids is 1. The van der Waals surface area contributed by atoms with E-state index in [1.807, 2.05) is 6.07 Å². The minimum absolute atomic E-state index is 0.146. The molecule has 0 bridgehead atoms. The maximum atomic E-state index is 12.4. The van der Waals surface area contributed by atoms with Crippen LogP contribution in [0.4, 0.5) is 18.9 Å². The van der Waals surface area contributed by atoms with Crippen molar-refractivity contribution in [2.24, 2.45) is 0 Å². The van der Waals surface area contributed by atoms with E-state index < -0.39 is 18.5 Å². The zero-order valence-electron chi connectivity index (χ0n) is 17.1. The van der Waals surface area contributed by atoms with Crippen molar-refractivity contribution in [1.29, 1.82) is 0 Å². The van der Waals surface area contributed by atoms with E-state index in [-0.39, 0.29) is 13.0 Å². The third-order valence-electron chi connectivity index (χ3n) is 4.39. The smallest absolute Gasteiger partial charge is 0.389 e. The van der Waals surface area contributed by atoms with Gasteiger partial charge in [-0.05, 0) is 48.7 Å². The van der Waals surface area contributed by atoms with E-state index in [1.54, 1.807) is 31.2 Å². The molecule has 0 spiro atoms. The first-order valence-corrected chi connectivity index (χ1v) is 9.19. The fraction of sp³-hybridized carbons (Fsp3) is 0.318. The third kappa shape index (κ3) is 5.92. The average molecular weight is 423 g/mol. The molecule has 0 radical (unpaired) electrons. The molecule has 2 aromatic rings. The van der Waals surface area contributed by atoms with Crippen LogP contribution in [0, 0.1) is 6.92 Å². The van der Waals surface area contributed by atoms with Crippen molar-refractivity contribution in [3.8, 4) is 28.4 Å². The van der Waals surface area contributed by atoms with Crippen LogP contribution in [0.2, 0.25) is 0 Å². The van der Waals surface area contributed by atoms with Crippen LogP contribution >= 0.6 is 0 Å². The lowest BCUT2D eigenvalue weighted by molar-refractivity contribution is -0.136. The Morgan fingerprint density at radius 1 is 1.13 bits per heavy atom.